The molecular formula is C28H36N4O2. The third-order valence-electron chi connectivity index (χ3n) is 7.08. The van der Waals surface area contributed by atoms with Gasteiger partial charge in [-0.1, -0.05) is 74.5 Å². The fourth-order valence-electron chi connectivity index (χ4n) is 5.20. The van der Waals surface area contributed by atoms with Crippen LogP contribution in [0.5, 0.6) is 0 Å². The second-order valence-electron chi connectivity index (χ2n) is 9.15. The monoisotopic (exact) mass is 460 g/mol. The van der Waals surface area contributed by atoms with E-state index in [2.05, 4.69) is 89.2 Å². The fraction of sp³-hybridized carbons (Fsp3) is 0.429. The van der Waals surface area contributed by atoms with E-state index in [1.807, 2.05) is 0 Å². The smallest absolute Gasteiger partial charge is 0.253 e. The lowest BCUT2D eigenvalue weighted by atomic mass is 10.1. The molecule has 0 bridgehead atoms. The van der Waals surface area contributed by atoms with Crippen molar-refractivity contribution >= 4 is 11.8 Å². The lowest BCUT2D eigenvalue weighted by molar-refractivity contribution is -0.136. The Morgan fingerprint density at radius 2 is 1.15 bits per heavy atom. The zero-order chi connectivity index (χ0) is 23.9. The van der Waals surface area contributed by atoms with E-state index >= 15 is 0 Å². The van der Waals surface area contributed by atoms with Gasteiger partial charge in [0.1, 0.15) is 0 Å². The normalized spacial score (nSPS) is 20.9. The van der Waals surface area contributed by atoms with Gasteiger partial charge < -0.3 is 0 Å². The first-order chi connectivity index (χ1) is 16.6. The standard InChI is InChI=1S/C28H36N4O2/c1-3-30(19-23-11-7-5-8-12-23)25-21-29(17-18-32-27(33)15-16-28(32)34)22-26(25)31(4-2)20-24-13-9-6-10-14-24/h5-16,25-26H,3-4,17-22H2,1-2H3. The van der Waals surface area contributed by atoms with Crippen LogP contribution in [0.3, 0.4) is 0 Å². The quantitative estimate of drug-likeness (QED) is 0.483. The minimum atomic E-state index is -0.198. The number of imide groups is 1. The predicted octanol–water partition coefficient (Wildman–Crippen LogP) is 3.01. The molecule has 2 unspecified atom stereocenters. The molecular weight excluding hydrogens is 424 g/mol. The van der Waals surface area contributed by atoms with Crippen molar-refractivity contribution in [3.05, 3.63) is 83.9 Å². The van der Waals surface area contributed by atoms with E-state index in [0.717, 1.165) is 39.3 Å². The van der Waals surface area contributed by atoms with Crippen molar-refractivity contribution < 1.29 is 9.59 Å². The van der Waals surface area contributed by atoms with E-state index in [0.29, 0.717) is 25.2 Å². The molecule has 4 rings (SSSR count). The van der Waals surface area contributed by atoms with E-state index in [1.165, 1.54) is 28.2 Å². The Morgan fingerprint density at radius 3 is 1.56 bits per heavy atom. The van der Waals surface area contributed by atoms with Gasteiger partial charge in [-0.3, -0.25) is 29.2 Å². The molecule has 2 aliphatic rings. The van der Waals surface area contributed by atoms with Crippen LogP contribution in [-0.2, 0) is 22.7 Å². The number of likely N-dealkylation sites (tertiary alicyclic amines) is 1. The number of carbonyl (C=O) groups excluding carboxylic acids is 2. The summed E-state index contributed by atoms with van der Waals surface area (Å²) in [6.07, 6.45) is 2.74. The van der Waals surface area contributed by atoms with Gasteiger partial charge in [-0.05, 0) is 24.2 Å². The number of hydrogen-bond acceptors (Lipinski definition) is 5. The van der Waals surface area contributed by atoms with Gasteiger partial charge in [0.2, 0.25) is 0 Å². The van der Waals surface area contributed by atoms with Gasteiger partial charge in [0, 0.05) is 63.5 Å². The maximum Gasteiger partial charge on any atom is 0.253 e. The van der Waals surface area contributed by atoms with Crippen molar-refractivity contribution in [2.75, 3.05) is 39.3 Å². The van der Waals surface area contributed by atoms with Crippen LogP contribution in [0.15, 0.2) is 72.8 Å². The Bertz CT molecular complexity index is 903. The first-order valence-electron chi connectivity index (χ1n) is 12.4. The molecule has 2 amide bonds. The van der Waals surface area contributed by atoms with Crippen LogP contribution >= 0.6 is 0 Å². The topological polar surface area (TPSA) is 47.1 Å². The Kier molecular flexibility index (Phi) is 8.27. The maximum absolute atomic E-state index is 12.0. The highest BCUT2D eigenvalue weighted by atomic mass is 16.2. The van der Waals surface area contributed by atoms with E-state index in [9.17, 15) is 9.59 Å². The second-order valence-corrected chi connectivity index (χ2v) is 9.15. The zero-order valence-corrected chi connectivity index (χ0v) is 20.3. The molecule has 180 valence electrons. The van der Waals surface area contributed by atoms with Gasteiger partial charge in [-0.25, -0.2) is 0 Å². The maximum atomic E-state index is 12.0. The summed E-state index contributed by atoms with van der Waals surface area (Å²) in [7, 11) is 0. The fourth-order valence-corrected chi connectivity index (χ4v) is 5.20. The van der Waals surface area contributed by atoms with Crippen LogP contribution < -0.4 is 0 Å². The molecule has 0 saturated carbocycles. The van der Waals surface area contributed by atoms with E-state index in [1.54, 1.807) is 0 Å². The van der Waals surface area contributed by atoms with Gasteiger partial charge >= 0.3 is 0 Å². The summed E-state index contributed by atoms with van der Waals surface area (Å²) in [6.45, 7) is 11.3. The van der Waals surface area contributed by atoms with Crippen LogP contribution in [-0.4, -0.2) is 82.8 Å². The molecule has 2 aromatic carbocycles. The number of nitrogens with zero attached hydrogens (tertiary/aromatic N) is 4. The van der Waals surface area contributed by atoms with E-state index < -0.39 is 0 Å². The van der Waals surface area contributed by atoms with Crippen LogP contribution in [0.1, 0.15) is 25.0 Å². The Balaban J connectivity index is 1.50. The van der Waals surface area contributed by atoms with Gasteiger partial charge in [-0.2, -0.15) is 0 Å². The lowest BCUT2D eigenvalue weighted by Crippen LogP contribution is -2.50. The molecule has 6 heteroatoms. The molecule has 0 radical (unpaired) electrons. The van der Waals surface area contributed by atoms with Crippen molar-refractivity contribution in [3.8, 4) is 0 Å². The lowest BCUT2D eigenvalue weighted by Gasteiger charge is -2.37. The molecule has 1 saturated heterocycles. The molecule has 2 atom stereocenters. The van der Waals surface area contributed by atoms with Crippen molar-refractivity contribution in [1.82, 2.24) is 19.6 Å². The number of rotatable bonds is 11. The molecule has 2 aliphatic heterocycles. The number of amides is 2. The number of likely N-dealkylation sites (N-methyl/N-ethyl adjacent to an activating group) is 2. The number of benzene rings is 2. The average molecular weight is 461 g/mol. The Hall–Kier alpha value is -2.80. The Morgan fingerprint density at radius 1 is 0.706 bits per heavy atom. The van der Waals surface area contributed by atoms with Gasteiger partial charge in [0.05, 0.1) is 0 Å². The van der Waals surface area contributed by atoms with Gasteiger partial charge in [0.25, 0.3) is 11.8 Å². The van der Waals surface area contributed by atoms with Gasteiger partial charge in [-0.15, -0.1) is 0 Å². The number of carbonyl (C=O) groups is 2. The van der Waals surface area contributed by atoms with Crippen molar-refractivity contribution in [2.24, 2.45) is 0 Å². The molecule has 6 nitrogen and oxygen atoms in total. The molecule has 0 aromatic heterocycles. The third kappa shape index (κ3) is 5.81. The second kappa shape index (κ2) is 11.6. The van der Waals surface area contributed by atoms with Crippen molar-refractivity contribution in [1.29, 1.82) is 0 Å². The first-order valence-corrected chi connectivity index (χ1v) is 12.4. The molecule has 1 fully saturated rings. The number of hydrogen-bond donors (Lipinski definition) is 0. The molecule has 0 aliphatic carbocycles. The largest absolute Gasteiger partial charge is 0.298 e. The summed E-state index contributed by atoms with van der Waals surface area (Å²) in [5.41, 5.74) is 2.65. The Labute approximate surface area is 203 Å². The van der Waals surface area contributed by atoms with E-state index in [4.69, 9.17) is 0 Å². The van der Waals surface area contributed by atoms with Crippen molar-refractivity contribution in [2.45, 2.75) is 39.0 Å². The summed E-state index contributed by atoms with van der Waals surface area (Å²) in [4.78, 5) is 33.0. The van der Waals surface area contributed by atoms with Gasteiger partial charge in [0.15, 0.2) is 0 Å². The molecule has 0 N–H and O–H groups in total. The summed E-state index contributed by atoms with van der Waals surface area (Å²) in [6, 6.07) is 22.1. The van der Waals surface area contributed by atoms with Crippen LogP contribution in [0.25, 0.3) is 0 Å². The molecule has 2 aromatic rings. The summed E-state index contributed by atoms with van der Waals surface area (Å²) >= 11 is 0. The SMILES string of the molecule is CCN(Cc1ccccc1)C1CN(CCN2C(=O)C=CC2=O)CC1N(CC)Cc1ccccc1. The zero-order valence-electron chi connectivity index (χ0n) is 20.3. The highest BCUT2D eigenvalue weighted by Gasteiger charge is 2.39. The predicted molar refractivity (Wildman–Crippen MR) is 135 cm³/mol. The summed E-state index contributed by atoms with van der Waals surface area (Å²) < 4.78 is 0. The average Bonchev–Trinajstić information content (AvgIpc) is 3.43. The van der Waals surface area contributed by atoms with Crippen molar-refractivity contribution in [3.63, 3.8) is 0 Å². The minimum absolute atomic E-state index is 0.198. The minimum Gasteiger partial charge on any atom is -0.298 e. The summed E-state index contributed by atoms with van der Waals surface area (Å²) in [5, 5.41) is 0. The van der Waals surface area contributed by atoms with Crippen LogP contribution in [0.2, 0.25) is 0 Å². The third-order valence-corrected chi connectivity index (χ3v) is 7.08. The van der Waals surface area contributed by atoms with E-state index in [-0.39, 0.29) is 11.8 Å². The highest BCUT2D eigenvalue weighted by Crippen LogP contribution is 2.25. The first kappa shape index (κ1) is 24.3. The molecule has 2 heterocycles. The van der Waals surface area contributed by atoms with Crippen LogP contribution in [0.4, 0.5) is 0 Å². The molecule has 34 heavy (non-hydrogen) atoms. The molecule has 0 spiro atoms. The highest BCUT2D eigenvalue weighted by molar-refractivity contribution is 6.12. The van der Waals surface area contributed by atoms with Crippen LogP contribution in [0, 0.1) is 0 Å². The summed E-state index contributed by atoms with van der Waals surface area (Å²) in [5.74, 6) is -0.397.